The molecular formula is C33H44N10O6. The van der Waals surface area contributed by atoms with E-state index in [1.165, 1.54) is 28.6 Å². The van der Waals surface area contributed by atoms with Crippen molar-refractivity contribution in [2.75, 3.05) is 19.6 Å². The van der Waals surface area contributed by atoms with Gasteiger partial charge in [0.2, 0.25) is 29.5 Å². The maximum absolute atomic E-state index is 13.5. The molecule has 2 aromatic heterocycles. The van der Waals surface area contributed by atoms with Gasteiger partial charge in [-0.25, -0.2) is 14.8 Å². The molecule has 262 valence electrons. The molecule has 1 aliphatic heterocycles. The molecule has 0 saturated carbocycles. The van der Waals surface area contributed by atoms with Gasteiger partial charge in [-0.05, 0) is 38.7 Å². The Kier molecular flexibility index (Phi) is 12.7. The molecule has 16 heteroatoms. The minimum Gasteiger partial charge on any atom is -0.354 e. The lowest BCUT2D eigenvalue weighted by atomic mass is 10.0. The Morgan fingerprint density at radius 3 is 2.35 bits per heavy atom. The predicted octanol–water partition coefficient (Wildman–Crippen LogP) is 0.223. The third kappa shape index (κ3) is 10.8. The molecular weight excluding hydrogens is 632 g/mol. The number of nitrogens with one attached hydrogen (secondary N) is 5. The third-order valence-corrected chi connectivity index (χ3v) is 7.83. The fourth-order valence-electron chi connectivity index (χ4n) is 5.29. The second kappa shape index (κ2) is 17.1. The van der Waals surface area contributed by atoms with E-state index in [-0.39, 0.29) is 62.3 Å². The van der Waals surface area contributed by atoms with Crippen LogP contribution in [0.3, 0.4) is 0 Å². The van der Waals surface area contributed by atoms with E-state index in [1.807, 2.05) is 44.2 Å². The van der Waals surface area contributed by atoms with Crippen LogP contribution in [0, 0.1) is 5.92 Å². The summed E-state index contributed by atoms with van der Waals surface area (Å²) in [5, 5.41) is 22.0. The highest BCUT2D eigenvalue weighted by atomic mass is 16.2. The van der Waals surface area contributed by atoms with Gasteiger partial charge in [0.15, 0.2) is 5.82 Å². The van der Waals surface area contributed by atoms with Crippen LogP contribution in [0.25, 0.3) is 11.4 Å². The van der Waals surface area contributed by atoms with Crippen LogP contribution in [0.15, 0.2) is 47.3 Å². The van der Waals surface area contributed by atoms with Gasteiger partial charge >= 0.3 is 0 Å². The monoisotopic (exact) mass is 676 g/mol. The van der Waals surface area contributed by atoms with E-state index in [1.54, 1.807) is 6.92 Å². The highest BCUT2D eigenvalue weighted by Gasteiger charge is 2.29. The molecule has 3 aromatic rings. The predicted molar refractivity (Wildman–Crippen MR) is 178 cm³/mol. The zero-order valence-corrected chi connectivity index (χ0v) is 28.2. The van der Waals surface area contributed by atoms with Crippen molar-refractivity contribution in [3.63, 3.8) is 0 Å². The van der Waals surface area contributed by atoms with Crippen molar-refractivity contribution in [2.45, 2.75) is 78.0 Å². The molecule has 3 heterocycles. The largest absolute Gasteiger partial charge is 0.354 e. The molecule has 16 nitrogen and oxygen atoms in total. The van der Waals surface area contributed by atoms with Crippen molar-refractivity contribution in [2.24, 2.45) is 5.92 Å². The number of aromatic amines is 1. The fraction of sp³-hybridized carbons (Fsp3) is 0.485. The first-order chi connectivity index (χ1) is 23.4. The van der Waals surface area contributed by atoms with Gasteiger partial charge in [0.1, 0.15) is 24.5 Å². The lowest BCUT2D eigenvalue weighted by molar-refractivity contribution is -0.137. The highest BCUT2D eigenvalue weighted by Crippen LogP contribution is 2.19. The zero-order chi connectivity index (χ0) is 35.5. The highest BCUT2D eigenvalue weighted by molar-refractivity contribution is 5.93. The number of carbonyl (C=O) groups excluding carboxylic acids is 5. The third-order valence-electron chi connectivity index (χ3n) is 7.83. The number of aryl methyl sites for hydroxylation is 1. The minimum atomic E-state index is -1.01. The molecule has 0 aliphatic carbocycles. The number of benzene rings is 1. The van der Waals surface area contributed by atoms with Crippen LogP contribution in [0.1, 0.15) is 64.5 Å². The van der Waals surface area contributed by atoms with Crippen molar-refractivity contribution in [3.8, 4) is 11.4 Å². The minimum absolute atomic E-state index is 0.0116. The summed E-state index contributed by atoms with van der Waals surface area (Å²) in [6.07, 6.45) is 0.895. The molecule has 0 unspecified atom stereocenters. The van der Waals surface area contributed by atoms with Crippen molar-refractivity contribution >= 4 is 29.5 Å². The molecule has 0 bridgehead atoms. The van der Waals surface area contributed by atoms with Gasteiger partial charge in [-0.1, -0.05) is 44.2 Å². The molecule has 1 aliphatic rings. The molecule has 0 saturated heterocycles. The summed E-state index contributed by atoms with van der Waals surface area (Å²) in [6, 6.07) is 9.47. The van der Waals surface area contributed by atoms with Crippen molar-refractivity contribution in [1.82, 2.24) is 51.1 Å². The van der Waals surface area contributed by atoms with Crippen LogP contribution in [-0.4, -0.2) is 91.1 Å². The van der Waals surface area contributed by atoms with Crippen LogP contribution in [0.2, 0.25) is 0 Å². The summed E-state index contributed by atoms with van der Waals surface area (Å²) >= 11 is 0. The number of aromatic nitrogens is 5. The Bertz CT molecular complexity index is 1670. The molecule has 1 aromatic carbocycles. The Hall–Kier alpha value is -5.41. The summed E-state index contributed by atoms with van der Waals surface area (Å²) < 4.78 is 1.44. The van der Waals surface area contributed by atoms with Crippen LogP contribution in [0.5, 0.6) is 0 Å². The van der Waals surface area contributed by atoms with Gasteiger partial charge in [-0.2, -0.15) is 10.2 Å². The van der Waals surface area contributed by atoms with Gasteiger partial charge < -0.3 is 26.2 Å². The molecule has 0 radical (unpaired) electrons. The first-order valence-corrected chi connectivity index (χ1v) is 16.4. The number of carbonyl (C=O) groups is 5. The molecule has 0 fully saturated rings. The number of H-pyrrole nitrogens is 1. The maximum atomic E-state index is 13.5. The van der Waals surface area contributed by atoms with Gasteiger partial charge in [-0.15, -0.1) is 0 Å². The zero-order valence-electron chi connectivity index (χ0n) is 28.2. The van der Waals surface area contributed by atoms with Gasteiger partial charge in [-0.3, -0.25) is 28.8 Å². The molecule has 4 rings (SSSR count). The number of fused-ring (bicyclic) bond motifs is 1. The first kappa shape index (κ1) is 36.4. The van der Waals surface area contributed by atoms with E-state index in [2.05, 4.69) is 41.5 Å². The number of nitrogens with zero attached hydrogens (tertiary/aromatic N) is 5. The molecule has 5 N–H and O–H groups in total. The summed E-state index contributed by atoms with van der Waals surface area (Å²) in [6.45, 7) is 6.89. The van der Waals surface area contributed by atoms with E-state index in [9.17, 15) is 28.8 Å². The molecule has 49 heavy (non-hydrogen) atoms. The number of hydrogen-bond acceptors (Lipinski definition) is 9. The van der Waals surface area contributed by atoms with Crippen molar-refractivity contribution in [1.29, 1.82) is 0 Å². The van der Waals surface area contributed by atoms with Crippen molar-refractivity contribution < 1.29 is 24.0 Å². The normalized spacial score (nSPS) is 20.2. The SMILES string of the molecule is CC(C)C[C@H]1NC(=O)[C@@H](C)NC(=O)CN(C(=O)CCc2ccc(=O)[nH]n2)CCCNC(=O)Cn2nc(-c3ccccc3)nc2[C@H](C)NC1=O. The summed E-state index contributed by atoms with van der Waals surface area (Å²) in [5.41, 5.74) is 0.875. The second-order valence-corrected chi connectivity index (χ2v) is 12.5. The van der Waals surface area contributed by atoms with E-state index < -0.39 is 35.8 Å². The van der Waals surface area contributed by atoms with E-state index in [0.29, 0.717) is 30.2 Å². The van der Waals surface area contributed by atoms with E-state index in [0.717, 1.165) is 5.56 Å². The molecule has 3 atom stereocenters. The average molecular weight is 677 g/mol. The van der Waals surface area contributed by atoms with Crippen LogP contribution >= 0.6 is 0 Å². The smallest absolute Gasteiger partial charge is 0.264 e. The summed E-state index contributed by atoms with van der Waals surface area (Å²) in [7, 11) is 0. The Labute approximate surface area is 283 Å². The Morgan fingerprint density at radius 1 is 0.898 bits per heavy atom. The molecule has 0 spiro atoms. The Balaban J connectivity index is 1.58. The van der Waals surface area contributed by atoms with Gasteiger partial charge in [0.25, 0.3) is 5.56 Å². The quantitative estimate of drug-likeness (QED) is 0.241. The average Bonchev–Trinajstić information content (AvgIpc) is 3.48. The van der Waals surface area contributed by atoms with Crippen LogP contribution in [-0.2, 0) is 36.9 Å². The number of hydrogen-bond donors (Lipinski definition) is 5. The standard InChI is InChI=1S/C33H44N10O6/c1-20(2)17-25-33(49)36-21(3)31-38-30(23-9-6-5-7-10-23)41-43(31)19-27(45)34-15-8-16-42(18-28(46)35-22(4)32(48)37-25)29(47)14-12-24-11-13-26(44)40-39-24/h5-7,9-11,13,20-22,25H,8,12,14-19H2,1-4H3,(H,34,45)(H,35,46)(H,36,49)(H,37,48)(H,40,44)/t21-,22+,25+/m0/s1. The van der Waals surface area contributed by atoms with Gasteiger partial charge in [0, 0.05) is 37.6 Å². The van der Waals surface area contributed by atoms with Gasteiger partial charge in [0.05, 0.1) is 18.3 Å². The van der Waals surface area contributed by atoms with Crippen LogP contribution < -0.4 is 26.8 Å². The molecule has 5 amide bonds. The number of rotatable bonds is 6. The van der Waals surface area contributed by atoms with E-state index >= 15 is 0 Å². The first-order valence-electron chi connectivity index (χ1n) is 16.4. The second-order valence-electron chi connectivity index (χ2n) is 12.5. The van der Waals surface area contributed by atoms with E-state index in [4.69, 9.17) is 0 Å². The number of amides is 5. The summed E-state index contributed by atoms with van der Waals surface area (Å²) in [5.74, 6) is -1.52. The summed E-state index contributed by atoms with van der Waals surface area (Å²) in [4.78, 5) is 83.5. The lowest BCUT2D eigenvalue weighted by Gasteiger charge is -2.25. The maximum Gasteiger partial charge on any atom is 0.264 e. The van der Waals surface area contributed by atoms with Crippen LogP contribution in [0.4, 0.5) is 0 Å². The van der Waals surface area contributed by atoms with Crippen molar-refractivity contribution in [3.05, 3.63) is 64.3 Å². The topological polar surface area (TPSA) is 213 Å². The Morgan fingerprint density at radius 2 is 1.65 bits per heavy atom. The fourth-order valence-corrected chi connectivity index (χ4v) is 5.29. The lowest BCUT2D eigenvalue weighted by Crippen LogP contribution is -2.54.